The van der Waals surface area contributed by atoms with Crippen molar-refractivity contribution < 1.29 is 13.5 Å². The van der Waals surface area contributed by atoms with Crippen molar-refractivity contribution in [3.63, 3.8) is 0 Å². The van der Waals surface area contributed by atoms with E-state index in [9.17, 15) is 8.78 Å². The normalized spacial score (nSPS) is 10.5. The van der Waals surface area contributed by atoms with E-state index in [0.717, 1.165) is 0 Å². The summed E-state index contributed by atoms with van der Waals surface area (Å²) in [5.74, 6) is 0.316. The number of hydrogen-bond donors (Lipinski definition) is 0. The van der Waals surface area contributed by atoms with Gasteiger partial charge in [0.1, 0.15) is 0 Å². The van der Waals surface area contributed by atoms with Gasteiger partial charge in [0.2, 0.25) is 5.88 Å². The van der Waals surface area contributed by atoms with Gasteiger partial charge in [0.25, 0.3) is 6.43 Å². The van der Waals surface area contributed by atoms with Crippen LogP contribution in [0.25, 0.3) is 0 Å². The lowest BCUT2D eigenvalue weighted by atomic mass is 10.4. The molecule has 0 atom stereocenters. The van der Waals surface area contributed by atoms with Crippen LogP contribution in [0.3, 0.4) is 0 Å². The highest BCUT2D eigenvalue weighted by Gasteiger charge is 2.04. The zero-order chi connectivity index (χ0) is 9.68. The van der Waals surface area contributed by atoms with E-state index in [0.29, 0.717) is 5.69 Å². The fourth-order valence-corrected chi connectivity index (χ4v) is 0.787. The summed E-state index contributed by atoms with van der Waals surface area (Å²) in [6.45, 7) is -0.672. The third kappa shape index (κ3) is 3.50. The molecule has 0 bridgehead atoms. The van der Waals surface area contributed by atoms with Crippen molar-refractivity contribution >= 4 is 11.6 Å². The standard InChI is InChI=1S/C7H7ClF2N2O/c8-3-5-1-2-7(12-11-5)13-4-6(9)10/h1-2,6H,3-4H2. The van der Waals surface area contributed by atoms with Gasteiger partial charge < -0.3 is 4.74 Å². The van der Waals surface area contributed by atoms with Crippen LogP contribution >= 0.6 is 11.6 Å². The Kier molecular flexibility index (Phi) is 3.82. The van der Waals surface area contributed by atoms with E-state index < -0.39 is 13.0 Å². The number of aromatic nitrogens is 2. The number of halogens is 3. The lowest BCUT2D eigenvalue weighted by Crippen LogP contribution is -2.08. The number of rotatable bonds is 4. The van der Waals surface area contributed by atoms with Crippen LogP contribution in [0.2, 0.25) is 0 Å². The molecule has 1 aromatic rings. The Balaban J connectivity index is 2.49. The molecular weight excluding hydrogens is 202 g/mol. The van der Waals surface area contributed by atoms with Crippen molar-refractivity contribution in [2.75, 3.05) is 6.61 Å². The predicted octanol–water partition coefficient (Wildman–Crippen LogP) is 1.86. The summed E-state index contributed by atoms with van der Waals surface area (Å²) in [4.78, 5) is 0. The van der Waals surface area contributed by atoms with Crippen molar-refractivity contribution in [3.05, 3.63) is 17.8 Å². The third-order valence-corrected chi connectivity index (χ3v) is 1.46. The quantitative estimate of drug-likeness (QED) is 0.709. The van der Waals surface area contributed by atoms with Crippen molar-refractivity contribution in [1.82, 2.24) is 10.2 Å². The minimum atomic E-state index is -2.51. The Morgan fingerprint density at radius 3 is 2.62 bits per heavy atom. The van der Waals surface area contributed by atoms with E-state index in [-0.39, 0.29) is 11.8 Å². The van der Waals surface area contributed by atoms with Crippen molar-refractivity contribution in [3.8, 4) is 5.88 Å². The first-order valence-electron chi connectivity index (χ1n) is 3.52. The summed E-state index contributed by atoms with van der Waals surface area (Å²) < 4.78 is 27.9. The highest BCUT2D eigenvalue weighted by molar-refractivity contribution is 6.16. The summed E-state index contributed by atoms with van der Waals surface area (Å²) in [6, 6.07) is 3.02. The van der Waals surface area contributed by atoms with Gasteiger partial charge in [-0.3, -0.25) is 0 Å². The lowest BCUT2D eigenvalue weighted by Gasteiger charge is -2.02. The summed E-state index contributed by atoms with van der Waals surface area (Å²) >= 11 is 5.44. The van der Waals surface area contributed by atoms with Crippen molar-refractivity contribution in [2.24, 2.45) is 0 Å². The zero-order valence-electron chi connectivity index (χ0n) is 6.58. The van der Waals surface area contributed by atoms with Gasteiger partial charge in [-0.05, 0) is 6.07 Å². The van der Waals surface area contributed by atoms with E-state index in [2.05, 4.69) is 14.9 Å². The van der Waals surface area contributed by atoms with Gasteiger partial charge in [-0.1, -0.05) is 0 Å². The summed E-state index contributed by atoms with van der Waals surface area (Å²) in [6.07, 6.45) is -2.51. The molecule has 0 saturated carbocycles. The predicted molar refractivity (Wildman–Crippen MR) is 43.1 cm³/mol. The molecule has 72 valence electrons. The molecule has 0 aliphatic heterocycles. The first kappa shape index (κ1) is 10.1. The van der Waals surface area contributed by atoms with Gasteiger partial charge in [-0.25, -0.2) is 8.78 Å². The number of hydrogen-bond acceptors (Lipinski definition) is 3. The molecule has 0 aliphatic carbocycles. The molecule has 0 fully saturated rings. The van der Waals surface area contributed by atoms with Crippen molar-refractivity contribution in [2.45, 2.75) is 12.3 Å². The fraction of sp³-hybridized carbons (Fsp3) is 0.429. The number of alkyl halides is 3. The first-order chi connectivity index (χ1) is 6.22. The minimum Gasteiger partial charge on any atom is -0.471 e. The van der Waals surface area contributed by atoms with E-state index in [1.807, 2.05) is 0 Å². The van der Waals surface area contributed by atoms with Crippen LogP contribution in [0, 0.1) is 0 Å². The minimum absolute atomic E-state index is 0.0779. The Labute approximate surface area is 78.7 Å². The van der Waals surface area contributed by atoms with Crippen molar-refractivity contribution in [1.29, 1.82) is 0 Å². The highest BCUT2D eigenvalue weighted by atomic mass is 35.5. The summed E-state index contributed by atoms with van der Waals surface area (Å²) in [7, 11) is 0. The van der Waals surface area contributed by atoms with Gasteiger partial charge >= 0.3 is 0 Å². The maximum Gasteiger partial charge on any atom is 0.272 e. The molecule has 0 aromatic carbocycles. The second kappa shape index (κ2) is 4.91. The zero-order valence-corrected chi connectivity index (χ0v) is 7.34. The smallest absolute Gasteiger partial charge is 0.272 e. The summed E-state index contributed by atoms with van der Waals surface area (Å²) in [5.41, 5.74) is 0.575. The molecule has 13 heavy (non-hydrogen) atoms. The van der Waals surface area contributed by atoms with Gasteiger partial charge in [-0.15, -0.1) is 16.7 Å². The molecule has 0 amide bonds. The van der Waals surface area contributed by atoms with Gasteiger partial charge in [0.15, 0.2) is 6.61 Å². The van der Waals surface area contributed by atoms with Gasteiger partial charge in [0.05, 0.1) is 11.6 Å². The molecular formula is C7H7ClF2N2O. The molecule has 0 saturated heterocycles. The van der Waals surface area contributed by atoms with Gasteiger partial charge in [0, 0.05) is 6.07 Å². The Morgan fingerprint density at radius 1 is 1.38 bits per heavy atom. The van der Waals surface area contributed by atoms with Crippen LogP contribution in [0.1, 0.15) is 5.69 Å². The molecule has 0 N–H and O–H groups in total. The van der Waals surface area contributed by atoms with E-state index in [4.69, 9.17) is 11.6 Å². The Morgan fingerprint density at radius 2 is 2.15 bits per heavy atom. The van der Waals surface area contributed by atoms with Crippen LogP contribution in [-0.4, -0.2) is 23.2 Å². The molecule has 6 heteroatoms. The van der Waals surface area contributed by atoms with Crippen LogP contribution in [0.15, 0.2) is 12.1 Å². The second-order valence-corrected chi connectivity index (χ2v) is 2.47. The molecule has 0 radical (unpaired) electrons. The average Bonchev–Trinajstić information content (AvgIpc) is 2.15. The van der Waals surface area contributed by atoms with Crippen LogP contribution in [0.5, 0.6) is 5.88 Å². The largest absolute Gasteiger partial charge is 0.471 e. The fourth-order valence-electron chi connectivity index (χ4n) is 0.644. The van der Waals surface area contributed by atoms with E-state index >= 15 is 0 Å². The highest BCUT2D eigenvalue weighted by Crippen LogP contribution is 2.07. The average molecular weight is 209 g/mol. The monoisotopic (exact) mass is 208 g/mol. The summed E-state index contributed by atoms with van der Waals surface area (Å²) in [5, 5.41) is 7.15. The Bertz CT molecular complexity index is 255. The van der Waals surface area contributed by atoms with E-state index in [1.165, 1.54) is 6.07 Å². The maximum atomic E-state index is 11.7. The SMILES string of the molecule is FC(F)COc1ccc(CCl)nn1. The molecule has 0 unspecified atom stereocenters. The molecule has 1 rings (SSSR count). The lowest BCUT2D eigenvalue weighted by molar-refractivity contribution is 0.0790. The van der Waals surface area contributed by atoms with Crippen LogP contribution in [-0.2, 0) is 5.88 Å². The third-order valence-electron chi connectivity index (χ3n) is 1.19. The number of ether oxygens (including phenoxy) is 1. The molecule has 0 aliphatic rings. The van der Waals surface area contributed by atoms with Gasteiger partial charge in [-0.2, -0.15) is 5.10 Å². The van der Waals surface area contributed by atoms with Crippen LogP contribution < -0.4 is 4.74 Å². The topological polar surface area (TPSA) is 35.0 Å². The Hall–Kier alpha value is -0.970. The number of nitrogens with zero attached hydrogens (tertiary/aromatic N) is 2. The molecule has 3 nitrogen and oxygen atoms in total. The molecule has 0 spiro atoms. The first-order valence-corrected chi connectivity index (χ1v) is 4.05. The van der Waals surface area contributed by atoms with Crippen LogP contribution in [0.4, 0.5) is 8.78 Å². The molecule has 1 aromatic heterocycles. The molecule has 1 heterocycles. The second-order valence-electron chi connectivity index (χ2n) is 2.20. The maximum absolute atomic E-state index is 11.7. The van der Waals surface area contributed by atoms with E-state index in [1.54, 1.807) is 6.07 Å².